The minimum Gasteiger partial charge on any atom is -0.493 e. The van der Waals surface area contributed by atoms with E-state index in [9.17, 15) is 0 Å². The predicted octanol–water partition coefficient (Wildman–Crippen LogP) is 1.75. The Morgan fingerprint density at radius 3 is 2.88 bits per heavy atom. The van der Waals surface area contributed by atoms with Crippen molar-refractivity contribution < 1.29 is 9.47 Å². The molecule has 4 nitrogen and oxygen atoms in total. The maximum Gasteiger partial charge on any atom is 0.163 e. The second-order valence-corrected chi connectivity index (χ2v) is 4.50. The number of nitrogens with two attached hydrogens (primary N) is 1. The molecule has 4 heteroatoms. The van der Waals surface area contributed by atoms with E-state index in [1.54, 1.807) is 7.11 Å². The molecule has 1 fully saturated rings. The lowest BCUT2D eigenvalue weighted by Gasteiger charge is -2.20. The van der Waals surface area contributed by atoms with E-state index < -0.39 is 0 Å². The third kappa shape index (κ3) is 2.82. The van der Waals surface area contributed by atoms with E-state index in [2.05, 4.69) is 11.9 Å². The summed E-state index contributed by atoms with van der Waals surface area (Å²) >= 11 is 0. The predicted molar refractivity (Wildman–Crippen MR) is 68.6 cm³/mol. The Bertz CT molecular complexity index is 382. The van der Waals surface area contributed by atoms with E-state index in [4.69, 9.17) is 15.2 Å². The van der Waals surface area contributed by atoms with Gasteiger partial charge in [-0.3, -0.25) is 0 Å². The van der Waals surface area contributed by atoms with Crippen molar-refractivity contribution in [2.45, 2.75) is 18.9 Å². The Morgan fingerprint density at radius 1 is 1.41 bits per heavy atom. The topological polar surface area (TPSA) is 47.7 Å². The highest BCUT2D eigenvalue weighted by molar-refractivity contribution is 5.51. The fourth-order valence-corrected chi connectivity index (χ4v) is 2.18. The van der Waals surface area contributed by atoms with Crippen molar-refractivity contribution in [1.82, 2.24) is 4.90 Å². The molecule has 1 aliphatic rings. The first-order valence-corrected chi connectivity index (χ1v) is 5.97. The maximum atomic E-state index is 5.82. The van der Waals surface area contributed by atoms with Gasteiger partial charge in [-0.05, 0) is 38.6 Å². The van der Waals surface area contributed by atoms with Crippen LogP contribution in [0.25, 0.3) is 0 Å². The first kappa shape index (κ1) is 12.0. The van der Waals surface area contributed by atoms with E-state index in [0.29, 0.717) is 18.3 Å². The van der Waals surface area contributed by atoms with Crippen LogP contribution in [0.3, 0.4) is 0 Å². The standard InChI is InChI=1S/C13H20N2O2/c1-15-7-3-4-11(15)9-17-13-8-10(14)5-6-12(13)16-2/h5-6,8,11H,3-4,7,9,14H2,1-2H3/t11-/m1/s1. The highest BCUT2D eigenvalue weighted by Crippen LogP contribution is 2.29. The Balaban J connectivity index is 2.00. The molecule has 0 radical (unpaired) electrons. The fourth-order valence-electron chi connectivity index (χ4n) is 2.18. The second-order valence-electron chi connectivity index (χ2n) is 4.50. The van der Waals surface area contributed by atoms with Crippen LogP contribution >= 0.6 is 0 Å². The minimum absolute atomic E-state index is 0.501. The molecule has 0 aliphatic carbocycles. The van der Waals surface area contributed by atoms with Crippen LogP contribution in [0.4, 0.5) is 5.69 Å². The summed E-state index contributed by atoms with van der Waals surface area (Å²) in [7, 11) is 3.78. The van der Waals surface area contributed by atoms with Crippen molar-refractivity contribution in [1.29, 1.82) is 0 Å². The van der Waals surface area contributed by atoms with Gasteiger partial charge in [-0.2, -0.15) is 0 Å². The van der Waals surface area contributed by atoms with Crippen LogP contribution < -0.4 is 15.2 Å². The number of rotatable bonds is 4. The summed E-state index contributed by atoms with van der Waals surface area (Å²) in [6.07, 6.45) is 2.44. The SMILES string of the molecule is COc1ccc(N)cc1OC[C@H]1CCCN1C. The lowest BCUT2D eigenvalue weighted by Crippen LogP contribution is -2.30. The van der Waals surface area contributed by atoms with Crippen LogP contribution in [0.1, 0.15) is 12.8 Å². The Kier molecular flexibility index (Phi) is 3.74. The number of hydrogen-bond acceptors (Lipinski definition) is 4. The van der Waals surface area contributed by atoms with Crippen LogP contribution in [-0.2, 0) is 0 Å². The molecular formula is C13H20N2O2. The summed E-state index contributed by atoms with van der Waals surface area (Å²) in [6, 6.07) is 5.96. The van der Waals surface area contributed by atoms with Crippen molar-refractivity contribution in [3.63, 3.8) is 0 Å². The van der Waals surface area contributed by atoms with Gasteiger partial charge in [-0.15, -0.1) is 0 Å². The molecule has 2 rings (SSSR count). The van der Waals surface area contributed by atoms with E-state index >= 15 is 0 Å². The number of benzene rings is 1. The summed E-state index contributed by atoms with van der Waals surface area (Å²) in [6.45, 7) is 1.85. The maximum absolute atomic E-state index is 5.82. The van der Waals surface area contributed by atoms with Gasteiger partial charge in [0.1, 0.15) is 6.61 Å². The average molecular weight is 236 g/mol. The third-order valence-electron chi connectivity index (χ3n) is 3.29. The molecule has 1 aromatic rings. The summed E-state index contributed by atoms with van der Waals surface area (Å²) in [5.74, 6) is 1.47. The highest BCUT2D eigenvalue weighted by Gasteiger charge is 2.21. The lowest BCUT2D eigenvalue weighted by atomic mass is 10.2. The molecule has 1 heterocycles. The van der Waals surface area contributed by atoms with Crippen LogP contribution in [0, 0.1) is 0 Å². The van der Waals surface area contributed by atoms with Gasteiger partial charge in [0, 0.05) is 17.8 Å². The van der Waals surface area contributed by atoms with Gasteiger partial charge in [-0.1, -0.05) is 0 Å². The fraction of sp³-hybridized carbons (Fsp3) is 0.538. The monoisotopic (exact) mass is 236 g/mol. The number of likely N-dealkylation sites (N-methyl/N-ethyl adjacent to an activating group) is 1. The molecule has 0 unspecified atom stereocenters. The first-order valence-electron chi connectivity index (χ1n) is 5.97. The smallest absolute Gasteiger partial charge is 0.163 e. The van der Waals surface area contributed by atoms with Crippen LogP contribution in [-0.4, -0.2) is 38.3 Å². The van der Waals surface area contributed by atoms with Crippen LogP contribution in [0.15, 0.2) is 18.2 Å². The van der Waals surface area contributed by atoms with Crippen molar-refractivity contribution in [3.05, 3.63) is 18.2 Å². The molecule has 0 bridgehead atoms. The molecule has 1 saturated heterocycles. The minimum atomic E-state index is 0.501. The number of nitrogen functional groups attached to an aromatic ring is 1. The summed E-state index contributed by atoms with van der Waals surface area (Å²) in [4.78, 5) is 2.33. The number of nitrogens with zero attached hydrogens (tertiary/aromatic N) is 1. The normalized spacial score (nSPS) is 20.5. The van der Waals surface area contributed by atoms with Crippen molar-refractivity contribution in [2.24, 2.45) is 0 Å². The second kappa shape index (κ2) is 5.27. The van der Waals surface area contributed by atoms with Gasteiger partial charge in [0.15, 0.2) is 11.5 Å². The van der Waals surface area contributed by atoms with Crippen molar-refractivity contribution in [3.8, 4) is 11.5 Å². The number of likely N-dealkylation sites (tertiary alicyclic amines) is 1. The first-order chi connectivity index (χ1) is 8.20. The van der Waals surface area contributed by atoms with Crippen LogP contribution in [0.2, 0.25) is 0 Å². The van der Waals surface area contributed by atoms with Gasteiger partial charge >= 0.3 is 0 Å². The molecule has 17 heavy (non-hydrogen) atoms. The molecule has 94 valence electrons. The summed E-state index contributed by atoms with van der Waals surface area (Å²) < 4.78 is 11.1. The van der Waals surface area contributed by atoms with E-state index in [1.165, 1.54) is 12.8 Å². The Morgan fingerprint density at radius 2 is 2.24 bits per heavy atom. The zero-order valence-electron chi connectivity index (χ0n) is 10.5. The molecule has 0 aromatic heterocycles. The molecular weight excluding hydrogens is 216 g/mol. The zero-order chi connectivity index (χ0) is 12.3. The average Bonchev–Trinajstić information content (AvgIpc) is 2.72. The Hall–Kier alpha value is -1.42. The van der Waals surface area contributed by atoms with E-state index in [0.717, 1.165) is 18.0 Å². The van der Waals surface area contributed by atoms with Crippen LogP contribution in [0.5, 0.6) is 11.5 Å². The van der Waals surface area contributed by atoms with E-state index in [-0.39, 0.29) is 0 Å². The largest absolute Gasteiger partial charge is 0.493 e. The quantitative estimate of drug-likeness (QED) is 0.809. The number of anilines is 1. The van der Waals surface area contributed by atoms with Gasteiger partial charge in [0.25, 0.3) is 0 Å². The molecule has 1 atom stereocenters. The highest BCUT2D eigenvalue weighted by atomic mass is 16.5. The van der Waals surface area contributed by atoms with E-state index in [1.807, 2.05) is 18.2 Å². The summed E-state index contributed by atoms with van der Waals surface area (Å²) in [5.41, 5.74) is 6.44. The van der Waals surface area contributed by atoms with Gasteiger partial charge in [0.2, 0.25) is 0 Å². The van der Waals surface area contributed by atoms with Gasteiger partial charge < -0.3 is 20.1 Å². The molecule has 2 N–H and O–H groups in total. The zero-order valence-corrected chi connectivity index (χ0v) is 10.5. The molecule has 0 amide bonds. The molecule has 0 saturated carbocycles. The van der Waals surface area contributed by atoms with Gasteiger partial charge in [0.05, 0.1) is 7.11 Å². The summed E-state index contributed by atoms with van der Waals surface area (Å²) in [5, 5.41) is 0. The molecule has 1 aromatic carbocycles. The Labute approximate surface area is 102 Å². The molecule has 1 aliphatic heterocycles. The number of ether oxygens (including phenoxy) is 2. The molecule has 0 spiro atoms. The number of hydrogen-bond donors (Lipinski definition) is 1. The number of methoxy groups -OCH3 is 1. The third-order valence-corrected chi connectivity index (χ3v) is 3.29. The van der Waals surface area contributed by atoms with Gasteiger partial charge in [-0.25, -0.2) is 0 Å². The van der Waals surface area contributed by atoms with Crippen molar-refractivity contribution >= 4 is 5.69 Å². The van der Waals surface area contributed by atoms with Crippen molar-refractivity contribution in [2.75, 3.05) is 33.0 Å². The lowest BCUT2D eigenvalue weighted by molar-refractivity contribution is 0.193.